The quantitative estimate of drug-likeness (QED) is 0.657. The van der Waals surface area contributed by atoms with Crippen molar-refractivity contribution < 1.29 is 18.8 Å². The average molecular weight is 436 g/mol. The Morgan fingerprint density at radius 1 is 1.10 bits per heavy atom. The highest BCUT2D eigenvalue weighted by Gasteiger charge is 2.37. The average Bonchev–Trinajstić information content (AvgIpc) is 3.49. The van der Waals surface area contributed by atoms with Crippen LogP contribution in [-0.4, -0.2) is 28.7 Å². The van der Waals surface area contributed by atoms with E-state index in [0.717, 1.165) is 40.8 Å². The number of nitrogens with zero attached hydrogens (tertiary/aromatic N) is 1. The first kappa shape index (κ1) is 19.6. The number of primary amides is 1. The number of carbonyl (C=O) groups is 3. The second-order valence-electron chi connectivity index (χ2n) is 7.81. The minimum absolute atomic E-state index is 0.185. The number of aryl methyl sites for hydroxylation is 1. The second kappa shape index (κ2) is 7.70. The normalized spacial score (nSPS) is 17.2. The highest BCUT2D eigenvalue weighted by Crippen LogP contribution is 2.39. The number of thiophene rings is 1. The van der Waals surface area contributed by atoms with E-state index in [1.807, 2.05) is 24.3 Å². The molecule has 2 aliphatic rings. The monoisotopic (exact) mass is 435 g/mol. The molecule has 7 nitrogen and oxygen atoms in total. The van der Waals surface area contributed by atoms with Gasteiger partial charge in [-0.3, -0.25) is 14.4 Å². The van der Waals surface area contributed by atoms with Crippen molar-refractivity contribution in [2.75, 3.05) is 5.32 Å². The summed E-state index contributed by atoms with van der Waals surface area (Å²) in [5.74, 6) is -1.03. The highest BCUT2D eigenvalue weighted by molar-refractivity contribution is 7.17. The van der Waals surface area contributed by atoms with E-state index in [2.05, 4.69) is 5.32 Å². The van der Waals surface area contributed by atoms with Gasteiger partial charge in [-0.05, 0) is 48.1 Å². The number of nitrogens with two attached hydrogens (primary N) is 1. The largest absolute Gasteiger partial charge is 0.459 e. The molecule has 3 N–H and O–H groups in total. The Kier molecular flexibility index (Phi) is 4.86. The van der Waals surface area contributed by atoms with Crippen molar-refractivity contribution in [1.29, 1.82) is 0 Å². The third-order valence-electron chi connectivity index (χ3n) is 5.95. The summed E-state index contributed by atoms with van der Waals surface area (Å²) in [6.45, 7) is 0.303. The first-order valence-electron chi connectivity index (χ1n) is 10.2. The van der Waals surface area contributed by atoms with Gasteiger partial charge in [0.1, 0.15) is 11.0 Å². The van der Waals surface area contributed by atoms with Crippen molar-refractivity contribution in [2.45, 2.75) is 38.3 Å². The standard InChI is InChI=1S/C23H21N3O4S/c24-20(27)19-15-7-3-9-18(15)31-22(19)25-21(28)16-11-13-5-1-2-6-14(13)12-26(16)23(29)17-8-4-10-30-17/h1-2,4-6,8,10,16H,3,7,9,11-12H2,(H2,24,27)(H,25,28)/t16-/m0/s1. The summed E-state index contributed by atoms with van der Waals surface area (Å²) in [4.78, 5) is 41.2. The van der Waals surface area contributed by atoms with Crippen LogP contribution in [0.2, 0.25) is 0 Å². The molecule has 3 amide bonds. The van der Waals surface area contributed by atoms with E-state index in [1.165, 1.54) is 22.5 Å². The van der Waals surface area contributed by atoms with Gasteiger partial charge in [-0.25, -0.2) is 0 Å². The molecule has 0 unspecified atom stereocenters. The maximum Gasteiger partial charge on any atom is 0.290 e. The topological polar surface area (TPSA) is 106 Å². The van der Waals surface area contributed by atoms with Crippen LogP contribution in [0.4, 0.5) is 5.00 Å². The molecule has 0 spiro atoms. The first-order valence-corrected chi connectivity index (χ1v) is 11.0. The smallest absolute Gasteiger partial charge is 0.290 e. The Hall–Kier alpha value is -3.39. The van der Waals surface area contributed by atoms with Crippen molar-refractivity contribution >= 4 is 34.1 Å². The minimum atomic E-state index is -0.731. The molecule has 1 atom stereocenters. The van der Waals surface area contributed by atoms with Crippen molar-refractivity contribution in [3.05, 3.63) is 75.6 Å². The van der Waals surface area contributed by atoms with E-state index in [4.69, 9.17) is 10.2 Å². The summed E-state index contributed by atoms with van der Waals surface area (Å²) in [7, 11) is 0. The van der Waals surface area contributed by atoms with Gasteiger partial charge in [-0.2, -0.15) is 0 Å². The van der Waals surface area contributed by atoms with Crippen molar-refractivity contribution in [2.24, 2.45) is 5.73 Å². The number of rotatable bonds is 4. The molecule has 8 heteroatoms. The molecule has 3 aromatic rings. The van der Waals surface area contributed by atoms with Gasteiger partial charge < -0.3 is 20.4 Å². The molecule has 0 radical (unpaired) electrons. The van der Waals surface area contributed by atoms with Gasteiger partial charge in [-0.15, -0.1) is 11.3 Å². The van der Waals surface area contributed by atoms with E-state index < -0.39 is 11.9 Å². The molecule has 0 fully saturated rings. The highest BCUT2D eigenvalue weighted by atomic mass is 32.1. The lowest BCUT2D eigenvalue weighted by Gasteiger charge is -2.35. The van der Waals surface area contributed by atoms with Crippen LogP contribution in [0, 0.1) is 0 Å². The summed E-state index contributed by atoms with van der Waals surface area (Å²) < 4.78 is 5.29. The fourth-order valence-corrected chi connectivity index (χ4v) is 5.76. The zero-order chi connectivity index (χ0) is 21.5. The van der Waals surface area contributed by atoms with E-state index >= 15 is 0 Å². The maximum atomic E-state index is 13.4. The fourth-order valence-electron chi connectivity index (χ4n) is 4.46. The lowest BCUT2D eigenvalue weighted by molar-refractivity contribution is -0.121. The number of nitrogens with one attached hydrogen (secondary N) is 1. The van der Waals surface area contributed by atoms with Gasteiger partial charge >= 0.3 is 0 Å². The summed E-state index contributed by atoms with van der Waals surface area (Å²) in [5, 5.41) is 3.38. The molecule has 31 heavy (non-hydrogen) atoms. The fraction of sp³-hybridized carbons (Fsp3) is 0.261. The Balaban J connectivity index is 1.47. The molecule has 5 rings (SSSR count). The lowest BCUT2D eigenvalue weighted by Crippen LogP contribution is -2.50. The number of hydrogen-bond acceptors (Lipinski definition) is 5. The van der Waals surface area contributed by atoms with Crippen LogP contribution < -0.4 is 11.1 Å². The van der Waals surface area contributed by atoms with Crippen LogP contribution in [0.5, 0.6) is 0 Å². The van der Waals surface area contributed by atoms with E-state index in [-0.39, 0.29) is 17.6 Å². The molecule has 3 heterocycles. The zero-order valence-corrected chi connectivity index (χ0v) is 17.5. The number of hydrogen-bond donors (Lipinski definition) is 2. The molecule has 158 valence electrons. The molecular formula is C23H21N3O4S. The van der Waals surface area contributed by atoms with Gasteiger partial charge in [0.25, 0.3) is 11.8 Å². The molecule has 1 aromatic carbocycles. The summed E-state index contributed by atoms with van der Waals surface area (Å²) >= 11 is 1.41. The van der Waals surface area contributed by atoms with Crippen LogP contribution in [0.15, 0.2) is 47.1 Å². The molecule has 1 aliphatic carbocycles. The van der Waals surface area contributed by atoms with Crippen LogP contribution in [0.3, 0.4) is 0 Å². The van der Waals surface area contributed by atoms with E-state index in [9.17, 15) is 14.4 Å². The Morgan fingerprint density at radius 2 is 1.90 bits per heavy atom. The van der Waals surface area contributed by atoms with E-state index in [1.54, 1.807) is 12.1 Å². The van der Waals surface area contributed by atoms with Crippen molar-refractivity contribution in [3.63, 3.8) is 0 Å². The number of fused-ring (bicyclic) bond motifs is 2. The number of benzene rings is 1. The summed E-state index contributed by atoms with van der Waals surface area (Å²) in [6.07, 6.45) is 4.48. The third-order valence-corrected chi connectivity index (χ3v) is 7.16. The molecule has 0 saturated heterocycles. The SMILES string of the molecule is NC(=O)c1c(NC(=O)[C@@H]2Cc3ccccc3CN2C(=O)c2ccco2)sc2c1CCC2. The number of furan rings is 1. The molecule has 0 saturated carbocycles. The maximum absolute atomic E-state index is 13.4. The Labute approximate surface area is 182 Å². The lowest BCUT2D eigenvalue weighted by atomic mass is 9.93. The molecule has 0 bridgehead atoms. The third kappa shape index (κ3) is 3.42. The molecule has 1 aliphatic heterocycles. The van der Waals surface area contributed by atoms with Crippen LogP contribution in [-0.2, 0) is 30.6 Å². The number of amides is 3. The Bertz CT molecular complexity index is 1180. The second-order valence-corrected chi connectivity index (χ2v) is 8.92. The van der Waals surface area contributed by atoms with Gasteiger partial charge in [0.2, 0.25) is 5.91 Å². The van der Waals surface area contributed by atoms with Crippen molar-refractivity contribution in [3.8, 4) is 0 Å². The first-order chi connectivity index (χ1) is 15.0. The molecule has 2 aromatic heterocycles. The predicted molar refractivity (Wildman–Crippen MR) is 116 cm³/mol. The summed E-state index contributed by atoms with van der Waals surface area (Å²) in [6, 6.07) is 10.3. The summed E-state index contributed by atoms with van der Waals surface area (Å²) in [5.41, 5.74) is 9.01. The van der Waals surface area contributed by atoms with Gasteiger partial charge in [0.15, 0.2) is 5.76 Å². The van der Waals surface area contributed by atoms with Crippen LogP contribution in [0.25, 0.3) is 0 Å². The number of carbonyl (C=O) groups excluding carboxylic acids is 3. The van der Waals surface area contributed by atoms with Gasteiger partial charge in [0, 0.05) is 17.8 Å². The van der Waals surface area contributed by atoms with E-state index in [0.29, 0.717) is 23.5 Å². The predicted octanol–water partition coefficient (Wildman–Crippen LogP) is 3.13. The van der Waals surface area contributed by atoms with Gasteiger partial charge in [0.05, 0.1) is 11.8 Å². The van der Waals surface area contributed by atoms with Crippen LogP contribution in [0.1, 0.15) is 48.9 Å². The van der Waals surface area contributed by atoms with Crippen LogP contribution >= 0.6 is 11.3 Å². The van der Waals surface area contributed by atoms with Gasteiger partial charge in [-0.1, -0.05) is 24.3 Å². The van der Waals surface area contributed by atoms with Crippen molar-refractivity contribution in [1.82, 2.24) is 4.90 Å². The Morgan fingerprint density at radius 3 is 2.65 bits per heavy atom. The number of anilines is 1. The minimum Gasteiger partial charge on any atom is -0.459 e. The zero-order valence-electron chi connectivity index (χ0n) is 16.7. The molecular weight excluding hydrogens is 414 g/mol.